The number of rotatable bonds is 11. The van der Waals surface area contributed by atoms with Crippen molar-refractivity contribution in [2.24, 2.45) is 0 Å². The highest BCUT2D eigenvalue weighted by Gasteiger charge is 2.31. The minimum Gasteiger partial charge on any atom is -0.483 e. The molecule has 3 aromatic carbocycles. The average molecular weight is 572 g/mol. The second kappa shape index (κ2) is 13.5. The third-order valence-corrected chi connectivity index (χ3v) is 6.74. The molecule has 0 fully saturated rings. The van der Waals surface area contributed by atoms with Crippen molar-refractivity contribution in [2.75, 3.05) is 6.61 Å². The molecule has 3 aromatic rings. The molecular weight excluding hydrogens is 540 g/mol. The molecule has 1 atom stereocenters. The number of carbonyl (C=O) groups is 2. The van der Waals surface area contributed by atoms with Crippen molar-refractivity contribution in [1.82, 2.24) is 10.2 Å². The van der Waals surface area contributed by atoms with Gasteiger partial charge in [0.25, 0.3) is 5.91 Å². The second-order valence-corrected chi connectivity index (χ2v) is 10.2. The Balaban J connectivity index is 1.92. The molecule has 1 unspecified atom stereocenters. The van der Waals surface area contributed by atoms with Crippen molar-refractivity contribution in [3.63, 3.8) is 0 Å². The minimum atomic E-state index is -0.743. The summed E-state index contributed by atoms with van der Waals surface area (Å²) in [5, 5.41) is 3.52. The second-order valence-electron chi connectivity index (χ2n) is 8.89. The van der Waals surface area contributed by atoms with Crippen LogP contribution in [0.3, 0.4) is 0 Å². The summed E-state index contributed by atoms with van der Waals surface area (Å²) in [6, 6.07) is 22.0. The molecule has 0 saturated heterocycles. The van der Waals surface area contributed by atoms with Crippen LogP contribution in [-0.4, -0.2) is 35.4 Å². The lowest BCUT2D eigenvalue weighted by atomic mass is 10.0. The van der Waals surface area contributed by atoms with Gasteiger partial charge in [0, 0.05) is 24.0 Å². The zero-order valence-electron chi connectivity index (χ0n) is 20.8. The SMILES string of the molecule is CCc1ccc(OCC(=O)N(Cc2ccccc2Cl)C(Cc2ccccc2)C(=O)NC(C)C)c(Br)c1. The zero-order chi connectivity index (χ0) is 26.1. The highest BCUT2D eigenvalue weighted by molar-refractivity contribution is 9.10. The smallest absolute Gasteiger partial charge is 0.261 e. The molecule has 36 heavy (non-hydrogen) atoms. The fraction of sp³-hybridized carbons (Fsp3) is 0.310. The topological polar surface area (TPSA) is 58.6 Å². The molecule has 5 nitrogen and oxygen atoms in total. The molecule has 0 radical (unpaired) electrons. The van der Waals surface area contributed by atoms with Gasteiger partial charge < -0.3 is 15.0 Å². The summed E-state index contributed by atoms with van der Waals surface area (Å²) in [5.74, 6) is 0.0495. The predicted molar refractivity (Wildman–Crippen MR) is 148 cm³/mol. The van der Waals surface area contributed by atoms with E-state index < -0.39 is 6.04 Å². The van der Waals surface area contributed by atoms with E-state index in [4.69, 9.17) is 16.3 Å². The molecule has 190 valence electrons. The van der Waals surface area contributed by atoms with E-state index in [0.29, 0.717) is 17.2 Å². The van der Waals surface area contributed by atoms with Crippen LogP contribution in [0, 0.1) is 0 Å². The first-order valence-corrected chi connectivity index (χ1v) is 13.2. The Bertz CT molecular complexity index is 1170. The van der Waals surface area contributed by atoms with E-state index in [9.17, 15) is 9.59 Å². The van der Waals surface area contributed by atoms with E-state index in [1.165, 1.54) is 0 Å². The van der Waals surface area contributed by atoms with Gasteiger partial charge in [-0.15, -0.1) is 0 Å². The Hall–Kier alpha value is -2.83. The minimum absolute atomic E-state index is 0.0719. The molecule has 0 heterocycles. The maximum absolute atomic E-state index is 13.7. The molecular formula is C29H32BrClN2O3. The first-order chi connectivity index (χ1) is 17.3. The van der Waals surface area contributed by atoms with Crippen LogP contribution in [0.5, 0.6) is 5.75 Å². The normalized spacial score (nSPS) is 11.7. The lowest BCUT2D eigenvalue weighted by molar-refractivity contribution is -0.143. The van der Waals surface area contributed by atoms with Gasteiger partial charge in [-0.2, -0.15) is 0 Å². The van der Waals surface area contributed by atoms with Crippen LogP contribution in [0.25, 0.3) is 0 Å². The molecule has 0 aliphatic heterocycles. The molecule has 3 rings (SSSR count). The highest BCUT2D eigenvalue weighted by Crippen LogP contribution is 2.27. The summed E-state index contributed by atoms with van der Waals surface area (Å²) in [5.41, 5.74) is 2.88. The first kappa shape index (κ1) is 27.8. The van der Waals surface area contributed by atoms with Crippen molar-refractivity contribution in [1.29, 1.82) is 0 Å². The number of ether oxygens (including phenoxy) is 1. The van der Waals surface area contributed by atoms with Gasteiger partial charge in [0.1, 0.15) is 11.8 Å². The maximum atomic E-state index is 13.7. The summed E-state index contributed by atoms with van der Waals surface area (Å²) < 4.78 is 6.69. The van der Waals surface area contributed by atoms with E-state index in [2.05, 4.69) is 28.2 Å². The highest BCUT2D eigenvalue weighted by atomic mass is 79.9. The zero-order valence-corrected chi connectivity index (χ0v) is 23.2. The summed E-state index contributed by atoms with van der Waals surface area (Å²) in [6.07, 6.45) is 1.26. The lowest BCUT2D eigenvalue weighted by Crippen LogP contribution is -2.52. The van der Waals surface area contributed by atoms with Crippen LogP contribution in [0.1, 0.15) is 37.5 Å². The van der Waals surface area contributed by atoms with Crippen molar-refractivity contribution in [3.05, 3.63) is 99.0 Å². The van der Waals surface area contributed by atoms with E-state index in [1.54, 1.807) is 11.0 Å². The van der Waals surface area contributed by atoms with E-state index in [0.717, 1.165) is 27.6 Å². The van der Waals surface area contributed by atoms with Gasteiger partial charge in [0.15, 0.2) is 6.61 Å². The average Bonchev–Trinajstić information content (AvgIpc) is 2.86. The van der Waals surface area contributed by atoms with Crippen LogP contribution in [0.15, 0.2) is 77.3 Å². The third kappa shape index (κ3) is 7.84. The van der Waals surface area contributed by atoms with Crippen molar-refractivity contribution >= 4 is 39.3 Å². The molecule has 1 N–H and O–H groups in total. The lowest BCUT2D eigenvalue weighted by Gasteiger charge is -2.32. The molecule has 0 saturated carbocycles. The maximum Gasteiger partial charge on any atom is 0.261 e. The monoisotopic (exact) mass is 570 g/mol. The Morgan fingerprint density at radius 2 is 1.69 bits per heavy atom. The van der Waals surface area contributed by atoms with Crippen molar-refractivity contribution in [2.45, 2.75) is 52.2 Å². The summed E-state index contributed by atoms with van der Waals surface area (Å²) in [4.78, 5) is 28.6. The van der Waals surface area contributed by atoms with Crippen LogP contribution >= 0.6 is 27.5 Å². The van der Waals surface area contributed by atoms with Gasteiger partial charge in [0.05, 0.1) is 4.47 Å². The number of hydrogen-bond acceptors (Lipinski definition) is 3. The largest absolute Gasteiger partial charge is 0.483 e. The fourth-order valence-electron chi connectivity index (χ4n) is 3.85. The van der Waals surface area contributed by atoms with Crippen LogP contribution in [0.2, 0.25) is 5.02 Å². The van der Waals surface area contributed by atoms with E-state index in [-0.39, 0.29) is 31.0 Å². The number of benzene rings is 3. The van der Waals surface area contributed by atoms with Gasteiger partial charge in [0.2, 0.25) is 5.91 Å². The van der Waals surface area contributed by atoms with E-state index >= 15 is 0 Å². The van der Waals surface area contributed by atoms with Gasteiger partial charge in [-0.05, 0) is 71.1 Å². The molecule has 0 aliphatic carbocycles. The molecule has 7 heteroatoms. The molecule has 0 spiro atoms. The van der Waals surface area contributed by atoms with E-state index in [1.807, 2.05) is 80.6 Å². The first-order valence-electron chi connectivity index (χ1n) is 12.1. The number of amides is 2. The summed E-state index contributed by atoms with van der Waals surface area (Å²) >= 11 is 9.98. The summed E-state index contributed by atoms with van der Waals surface area (Å²) in [7, 11) is 0. The van der Waals surface area contributed by atoms with Gasteiger partial charge in [-0.25, -0.2) is 0 Å². The van der Waals surface area contributed by atoms with Crippen LogP contribution in [0.4, 0.5) is 0 Å². The fourth-order valence-corrected chi connectivity index (χ4v) is 4.58. The number of nitrogens with zero attached hydrogens (tertiary/aromatic N) is 1. The standard InChI is InChI=1S/C29H32BrClN2O3/c1-4-21-14-15-27(24(30)16-21)36-19-28(34)33(18-23-12-8-9-13-25(23)31)26(29(35)32-20(2)3)17-22-10-6-5-7-11-22/h5-16,20,26H,4,17-19H2,1-3H3,(H,32,35). The van der Waals surface area contributed by atoms with Crippen LogP contribution < -0.4 is 10.1 Å². The number of halogens is 2. The summed E-state index contributed by atoms with van der Waals surface area (Å²) in [6.45, 7) is 5.85. The number of nitrogens with one attached hydrogen (secondary N) is 1. The number of hydrogen-bond donors (Lipinski definition) is 1. The Morgan fingerprint density at radius 1 is 1.00 bits per heavy atom. The quantitative estimate of drug-likeness (QED) is 0.298. The Kier molecular flexibility index (Phi) is 10.4. The molecule has 0 aromatic heterocycles. The Labute approximate surface area is 226 Å². The molecule has 0 aliphatic rings. The van der Waals surface area contributed by atoms with Gasteiger partial charge >= 0.3 is 0 Å². The van der Waals surface area contributed by atoms with Gasteiger partial charge in [-0.3, -0.25) is 9.59 Å². The predicted octanol–water partition coefficient (Wildman–Crippen LogP) is 6.21. The number of carbonyl (C=O) groups excluding carboxylic acids is 2. The number of aryl methyl sites for hydroxylation is 1. The van der Waals surface area contributed by atoms with Crippen molar-refractivity contribution in [3.8, 4) is 5.75 Å². The van der Waals surface area contributed by atoms with Gasteiger partial charge in [-0.1, -0.05) is 73.1 Å². The van der Waals surface area contributed by atoms with Crippen molar-refractivity contribution < 1.29 is 14.3 Å². The van der Waals surface area contributed by atoms with Crippen LogP contribution in [-0.2, 0) is 29.0 Å². The third-order valence-electron chi connectivity index (χ3n) is 5.76. The molecule has 0 bridgehead atoms. The Morgan fingerprint density at radius 3 is 2.33 bits per heavy atom. The molecule has 2 amide bonds.